The van der Waals surface area contributed by atoms with E-state index in [1.165, 1.54) is 17.8 Å². The van der Waals surface area contributed by atoms with E-state index in [1.807, 2.05) is 30.3 Å². The Bertz CT molecular complexity index is 636. The maximum Gasteiger partial charge on any atom is 0.233 e. The first-order valence-corrected chi connectivity index (χ1v) is 8.48. The summed E-state index contributed by atoms with van der Waals surface area (Å²) in [7, 11) is 0. The van der Waals surface area contributed by atoms with Gasteiger partial charge in [0.15, 0.2) is 0 Å². The van der Waals surface area contributed by atoms with E-state index < -0.39 is 6.10 Å². The van der Waals surface area contributed by atoms with E-state index in [1.54, 1.807) is 25.1 Å². The molecule has 23 heavy (non-hydrogen) atoms. The molecule has 0 aliphatic heterocycles. The molecule has 2 aromatic carbocycles. The number of rotatable bonds is 7. The third-order valence-corrected chi connectivity index (χ3v) is 4.69. The van der Waals surface area contributed by atoms with Gasteiger partial charge in [-0.25, -0.2) is 4.39 Å². The molecule has 0 spiro atoms. The zero-order valence-corrected chi connectivity index (χ0v) is 13.7. The lowest BCUT2D eigenvalue weighted by Crippen LogP contribution is -2.31. The molecule has 2 rings (SSSR count). The molecule has 2 N–H and O–H groups in total. The molecule has 1 amide bonds. The molecule has 0 aliphatic rings. The van der Waals surface area contributed by atoms with Gasteiger partial charge in [0.1, 0.15) is 5.82 Å². The van der Waals surface area contributed by atoms with Crippen molar-refractivity contribution in [1.82, 2.24) is 5.32 Å². The summed E-state index contributed by atoms with van der Waals surface area (Å²) in [5, 5.41) is 12.5. The summed E-state index contributed by atoms with van der Waals surface area (Å²) < 4.78 is 13.5. The van der Waals surface area contributed by atoms with Gasteiger partial charge in [0.25, 0.3) is 0 Å². The predicted octanol–water partition coefficient (Wildman–Crippen LogP) is 3.30. The molecule has 0 fully saturated rings. The Morgan fingerprint density at radius 2 is 1.83 bits per heavy atom. The van der Waals surface area contributed by atoms with Crippen molar-refractivity contribution in [3.05, 3.63) is 71.5 Å². The number of aliphatic hydroxyl groups excluding tert-OH is 1. The van der Waals surface area contributed by atoms with E-state index in [-0.39, 0.29) is 23.5 Å². The van der Waals surface area contributed by atoms with E-state index in [2.05, 4.69) is 5.32 Å². The summed E-state index contributed by atoms with van der Waals surface area (Å²) in [6, 6.07) is 15.7. The quantitative estimate of drug-likeness (QED) is 0.817. The first-order chi connectivity index (χ1) is 11.1. The highest BCUT2D eigenvalue weighted by molar-refractivity contribution is 8.00. The lowest BCUT2D eigenvalue weighted by Gasteiger charge is -2.15. The van der Waals surface area contributed by atoms with Crippen LogP contribution < -0.4 is 5.32 Å². The highest BCUT2D eigenvalue weighted by atomic mass is 32.2. The summed E-state index contributed by atoms with van der Waals surface area (Å²) in [5.41, 5.74) is 1.29. The number of aliphatic hydroxyl groups is 1. The summed E-state index contributed by atoms with van der Waals surface area (Å²) >= 11 is 1.37. The highest BCUT2D eigenvalue weighted by Gasteiger charge is 2.16. The molecule has 2 unspecified atom stereocenters. The van der Waals surface area contributed by atoms with Crippen LogP contribution in [-0.4, -0.2) is 22.0 Å². The minimum atomic E-state index is -0.608. The molecule has 0 aromatic heterocycles. The normalized spacial score (nSPS) is 13.3. The molecule has 0 saturated carbocycles. The monoisotopic (exact) mass is 333 g/mol. The Balaban J connectivity index is 1.78. The van der Waals surface area contributed by atoms with Crippen molar-refractivity contribution in [2.75, 3.05) is 5.75 Å². The number of hydrogen-bond acceptors (Lipinski definition) is 3. The van der Waals surface area contributed by atoms with E-state index in [9.17, 15) is 14.3 Å². The van der Waals surface area contributed by atoms with Gasteiger partial charge in [0, 0.05) is 17.9 Å². The third-order valence-electron chi connectivity index (χ3n) is 3.47. The maximum atomic E-state index is 13.5. The van der Waals surface area contributed by atoms with Gasteiger partial charge in [0.2, 0.25) is 5.91 Å². The number of carbonyl (C=O) groups is 1. The van der Waals surface area contributed by atoms with Gasteiger partial charge in [-0.05, 0) is 18.6 Å². The van der Waals surface area contributed by atoms with Crippen LogP contribution in [0.25, 0.3) is 0 Å². The Labute approximate surface area is 139 Å². The van der Waals surface area contributed by atoms with Crippen LogP contribution in [0.4, 0.5) is 4.39 Å². The fourth-order valence-electron chi connectivity index (χ4n) is 2.05. The molecule has 122 valence electrons. The van der Waals surface area contributed by atoms with Crippen LogP contribution in [0, 0.1) is 5.82 Å². The Morgan fingerprint density at radius 3 is 2.52 bits per heavy atom. The summed E-state index contributed by atoms with van der Waals surface area (Å²) in [4.78, 5) is 12.0. The molecule has 2 aromatic rings. The van der Waals surface area contributed by atoms with Crippen LogP contribution in [0.15, 0.2) is 54.6 Å². The van der Waals surface area contributed by atoms with Crippen LogP contribution in [0.3, 0.4) is 0 Å². The fourth-order valence-corrected chi connectivity index (χ4v) is 2.95. The Morgan fingerprint density at radius 1 is 1.17 bits per heavy atom. The average Bonchev–Trinajstić information content (AvgIpc) is 2.59. The molecule has 0 radical (unpaired) electrons. The van der Waals surface area contributed by atoms with Gasteiger partial charge in [-0.1, -0.05) is 48.5 Å². The second-order valence-corrected chi connectivity index (χ2v) is 6.59. The Hall–Kier alpha value is -1.85. The number of carbonyl (C=O) groups excluding carboxylic acids is 1. The van der Waals surface area contributed by atoms with Gasteiger partial charge in [-0.2, -0.15) is 0 Å². The first-order valence-electron chi connectivity index (χ1n) is 7.43. The lowest BCUT2D eigenvalue weighted by atomic mass is 10.1. The highest BCUT2D eigenvalue weighted by Crippen LogP contribution is 2.21. The standard InChI is InChI=1S/C18H20FNO2S/c1-13(23-12-17(21)14-7-3-2-4-8-14)18(22)20-11-15-9-5-6-10-16(15)19/h2-10,13,17,21H,11-12H2,1H3,(H,20,22). The maximum absolute atomic E-state index is 13.5. The lowest BCUT2D eigenvalue weighted by molar-refractivity contribution is -0.120. The number of amides is 1. The third kappa shape index (κ3) is 5.37. The second kappa shape index (κ2) is 8.70. The molecule has 3 nitrogen and oxygen atoms in total. The summed E-state index contributed by atoms with van der Waals surface area (Å²) in [5.74, 6) is -0.0655. The fraction of sp³-hybridized carbons (Fsp3) is 0.278. The smallest absolute Gasteiger partial charge is 0.233 e. The summed E-state index contributed by atoms with van der Waals surface area (Å²) in [6.45, 7) is 1.94. The van der Waals surface area contributed by atoms with E-state index in [0.29, 0.717) is 11.3 Å². The zero-order chi connectivity index (χ0) is 16.7. The number of halogens is 1. The molecule has 2 atom stereocenters. The van der Waals surface area contributed by atoms with Gasteiger partial charge >= 0.3 is 0 Å². The van der Waals surface area contributed by atoms with Crippen molar-refractivity contribution in [1.29, 1.82) is 0 Å². The Kier molecular flexibility index (Phi) is 6.62. The number of hydrogen-bond donors (Lipinski definition) is 2. The van der Waals surface area contributed by atoms with Crippen LogP contribution in [-0.2, 0) is 11.3 Å². The topological polar surface area (TPSA) is 49.3 Å². The minimum absolute atomic E-state index is 0.164. The average molecular weight is 333 g/mol. The van der Waals surface area contributed by atoms with E-state index in [0.717, 1.165) is 5.56 Å². The molecule has 0 aliphatic carbocycles. The number of nitrogens with one attached hydrogen (secondary N) is 1. The van der Waals surface area contributed by atoms with Crippen molar-refractivity contribution < 1.29 is 14.3 Å². The number of benzene rings is 2. The van der Waals surface area contributed by atoms with E-state index in [4.69, 9.17) is 0 Å². The molecular weight excluding hydrogens is 313 g/mol. The van der Waals surface area contributed by atoms with Crippen LogP contribution in [0.5, 0.6) is 0 Å². The van der Waals surface area contributed by atoms with Gasteiger partial charge in [-0.3, -0.25) is 4.79 Å². The van der Waals surface area contributed by atoms with Gasteiger partial charge in [-0.15, -0.1) is 11.8 Å². The molecular formula is C18H20FNO2S. The second-order valence-electron chi connectivity index (χ2n) is 5.21. The van der Waals surface area contributed by atoms with Gasteiger partial charge in [0.05, 0.1) is 11.4 Å². The largest absolute Gasteiger partial charge is 0.388 e. The number of thioether (sulfide) groups is 1. The van der Waals surface area contributed by atoms with Crippen molar-refractivity contribution in [2.45, 2.75) is 24.8 Å². The first kappa shape index (κ1) is 17.5. The van der Waals surface area contributed by atoms with Crippen LogP contribution >= 0.6 is 11.8 Å². The minimum Gasteiger partial charge on any atom is -0.388 e. The van der Waals surface area contributed by atoms with Crippen molar-refractivity contribution >= 4 is 17.7 Å². The van der Waals surface area contributed by atoms with Crippen LogP contribution in [0.2, 0.25) is 0 Å². The van der Waals surface area contributed by atoms with Crippen molar-refractivity contribution in [3.63, 3.8) is 0 Å². The molecule has 0 bridgehead atoms. The molecule has 5 heteroatoms. The van der Waals surface area contributed by atoms with Crippen LogP contribution in [0.1, 0.15) is 24.2 Å². The summed E-state index contributed by atoms with van der Waals surface area (Å²) in [6.07, 6.45) is -0.608. The molecule has 0 heterocycles. The van der Waals surface area contributed by atoms with Crippen molar-refractivity contribution in [2.24, 2.45) is 0 Å². The zero-order valence-electron chi connectivity index (χ0n) is 12.9. The van der Waals surface area contributed by atoms with Gasteiger partial charge < -0.3 is 10.4 Å². The van der Waals surface area contributed by atoms with E-state index >= 15 is 0 Å². The van der Waals surface area contributed by atoms with Crippen molar-refractivity contribution in [3.8, 4) is 0 Å². The SMILES string of the molecule is CC(SCC(O)c1ccccc1)C(=O)NCc1ccccc1F. The predicted molar refractivity (Wildman–Crippen MR) is 91.6 cm³/mol. The molecule has 0 saturated heterocycles.